The van der Waals surface area contributed by atoms with Gasteiger partial charge >= 0.3 is 0 Å². The van der Waals surface area contributed by atoms with E-state index in [4.69, 9.17) is 0 Å². The summed E-state index contributed by atoms with van der Waals surface area (Å²) in [7, 11) is 2.09. The highest BCUT2D eigenvalue weighted by Crippen LogP contribution is 2.49. The number of aromatic nitrogens is 2. The van der Waals surface area contributed by atoms with E-state index in [1.807, 2.05) is 0 Å². The number of likely N-dealkylation sites (N-methyl/N-ethyl adjacent to an activating group) is 1. The number of nitrogens with one attached hydrogen (secondary N) is 1. The molecule has 4 unspecified atom stereocenters. The fourth-order valence-electron chi connectivity index (χ4n) is 4.75. The van der Waals surface area contributed by atoms with Gasteiger partial charge in [-0.3, -0.25) is 4.68 Å². The summed E-state index contributed by atoms with van der Waals surface area (Å²) in [6.45, 7) is 5.49. The van der Waals surface area contributed by atoms with Gasteiger partial charge in [0, 0.05) is 25.2 Å². The maximum Gasteiger partial charge on any atom is 0.0624 e. The topological polar surface area (TPSA) is 29.9 Å². The molecule has 0 amide bonds. The summed E-state index contributed by atoms with van der Waals surface area (Å²) >= 11 is 0. The van der Waals surface area contributed by atoms with Crippen molar-refractivity contribution in [2.24, 2.45) is 24.8 Å². The van der Waals surface area contributed by atoms with Gasteiger partial charge in [0.2, 0.25) is 0 Å². The number of hydrogen-bond donors (Lipinski definition) is 1. The summed E-state index contributed by atoms with van der Waals surface area (Å²) in [6, 6.07) is 2.92. The Hall–Kier alpha value is -0.830. The summed E-state index contributed by atoms with van der Waals surface area (Å²) in [6.07, 6.45) is 9.56. The minimum atomic E-state index is 0.624. The molecule has 3 heteroatoms. The van der Waals surface area contributed by atoms with Crippen molar-refractivity contribution >= 4 is 0 Å². The highest BCUT2D eigenvalue weighted by atomic mass is 15.3. The van der Waals surface area contributed by atoms with Gasteiger partial charge < -0.3 is 5.32 Å². The van der Waals surface area contributed by atoms with Crippen molar-refractivity contribution < 1.29 is 0 Å². The highest BCUT2D eigenvalue weighted by molar-refractivity contribution is 5.11. The van der Waals surface area contributed by atoms with Crippen LogP contribution in [0, 0.1) is 17.8 Å². The normalized spacial score (nSPS) is 29.2. The lowest BCUT2D eigenvalue weighted by Crippen LogP contribution is -2.34. The van der Waals surface area contributed by atoms with E-state index < -0.39 is 0 Å². The molecule has 2 aliphatic rings. The van der Waals surface area contributed by atoms with Gasteiger partial charge in [-0.05, 0) is 62.5 Å². The molecule has 1 aromatic rings. The van der Waals surface area contributed by atoms with Crippen molar-refractivity contribution in [3.05, 3.63) is 17.5 Å². The van der Waals surface area contributed by atoms with Crippen molar-refractivity contribution in [1.29, 1.82) is 0 Å². The number of nitrogens with zero attached hydrogens (tertiary/aromatic N) is 2. The quantitative estimate of drug-likeness (QED) is 0.834. The zero-order valence-electron chi connectivity index (χ0n) is 13.9. The fraction of sp³-hybridized carbons (Fsp3) is 0.833. The molecule has 3 rings (SSSR count). The summed E-state index contributed by atoms with van der Waals surface area (Å²) < 4.78 is 2.09. The summed E-state index contributed by atoms with van der Waals surface area (Å²) in [4.78, 5) is 0. The van der Waals surface area contributed by atoms with Gasteiger partial charge in [-0.25, -0.2) is 0 Å². The first-order valence-corrected chi connectivity index (χ1v) is 8.94. The molecular formula is C18H31N3. The average molecular weight is 289 g/mol. The van der Waals surface area contributed by atoms with Crippen molar-refractivity contribution in [2.45, 2.75) is 64.8 Å². The van der Waals surface area contributed by atoms with Gasteiger partial charge in [0.05, 0.1) is 5.69 Å². The van der Waals surface area contributed by atoms with Crippen LogP contribution in [0.1, 0.15) is 57.3 Å². The van der Waals surface area contributed by atoms with Crippen LogP contribution in [0.5, 0.6) is 0 Å². The van der Waals surface area contributed by atoms with Crippen LogP contribution in [0.25, 0.3) is 0 Å². The molecule has 0 spiro atoms. The minimum Gasteiger partial charge on any atom is -0.314 e. The predicted octanol–water partition coefficient (Wildman–Crippen LogP) is 3.33. The van der Waals surface area contributed by atoms with Crippen LogP contribution in [-0.2, 0) is 19.9 Å². The van der Waals surface area contributed by atoms with E-state index in [0.29, 0.717) is 6.04 Å². The third kappa shape index (κ3) is 3.33. The summed E-state index contributed by atoms with van der Waals surface area (Å²) in [5, 5.41) is 8.33. The van der Waals surface area contributed by atoms with E-state index >= 15 is 0 Å². The number of rotatable bonds is 7. The Morgan fingerprint density at radius 3 is 2.76 bits per heavy atom. The van der Waals surface area contributed by atoms with Gasteiger partial charge in [0.1, 0.15) is 0 Å². The van der Waals surface area contributed by atoms with Gasteiger partial charge in [0.25, 0.3) is 0 Å². The molecule has 1 N–H and O–H groups in total. The van der Waals surface area contributed by atoms with Crippen LogP contribution in [0.4, 0.5) is 0 Å². The Kier molecular flexibility index (Phi) is 4.68. The Balaban J connectivity index is 1.62. The second-order valence-electron chi connectivity index (χ2n) is 7.23. The van der Waals surface area contributed by atoms with Gasteiger partial charge in [-0.2, -0.15) is 5.10 Å². The second kappa shape index (κ2) is 6.51. The van der Waals surface area contributed by atoms with Crippen LogP contribution in [-0.4, -0.2) is 22.4 Å². The Morgan fingerprint density at radius 2 is 2.19 bits per heavy atom. The number of aryl methyl sites for hydroxylation is 2. The summed E-state index contributed by atoms with van der Waals surface area (Å²) in [5.74, 6) is 3.08. The second-order valence-corrected chi connectivity index (χ2v) is 7.23. The van der Waals surface area contributed by atoms with E-state index in [-0.39, 0.29) is 0 Å². The Bertz CT molecular complexity index is 465. The van der Waals surface area contributed by atoms with E-state index in [1.54, 1.807) is 0 Å². The van der Waals surface area contributed by atoms with Gasteiger partial charge in [-0.15, -0.1) is 0 Å². The molecule has 1 aromatic heterocycles. The lowest BCUT2D eigenvalue weighted by atomic mass is 9.83. The Morgan fingerprint density at radius 1 is 1.33 bits per heavy atom. The molecule has 0 saturated heterocycles. The van der Waals surface area contributed by atoms with Crippen molar-refractivity contribution in [2.75, 3.05) is 6.54 Å². The fourth-order valence-corrected chi connectivity index (χ4v) is 4.75. The molecule has 118 valence electrons. The first-order chi connectivity index (χ1) is 10.2. The summed E-state index contributed by atoms with van der Waals surface area (Å²) in [5.41, 5.74) is 2.61. The predicted molar refractivity (Wildman–Crippen MR) is 87.3 cm³/mol. The molecule has 3 nitrogen and oxygen atoms in total. The van der Waals surface area contributed by atoms with Gasteiger partial charge in [0.15, 0.2) is 0 Å². The highest BCUT2D eigenvalue weighted by Gasteiger charge is 2.40. The molecule has 2 bridgehead atoms. The molecule has 0 aliphatic heterocycles. The SMILES string of the molecule is CCNC(Cc1cc(CC)nn1C)CC1CC2CCC1C2. The standard InChI is InChI=1S/C18H31N3/c1-4-16-11-18(21(3)20-16)12-17(19-5-2)10-15-9-13-6-7-14(15)8-13/h11,13-15,17,19H,4-10,12H2,1-3H3. The van der Waals surface area contributed by atoms with Crippen LogP contribution < -0.4 is 5.32 Å². The zero-order valence-corrected chi connectivity index (χ0v) is 13.9. The van der Waals surface area contributed by atoms with E-state index in [0.717, 1.165) is 37.1 Å². The zero-order chi connectivity index (χ0) is 14.8. The van der Waals surface area contributed by atoms with Crippen LogP contribution in [0.2, 0.25) is 0 Å². The Labute approximate surface area is 129 Å². The monoisotopic (exact) mass is 289 g/mol. The van der Waals surface area contributed by atoms with Gasteiger partial charge in [-0.1, -0.05) is 20.3 Å². The lowest BCUT2D eigenvalue weighted by molar-refractivity contribution is 0.276. The third-order valence-corrected chi connectivity index (χ3v) is 5.81. The van der Waals surface area contributed by atoms with Crippen molar-refractivity contribution in [1.82, 2.24) is 15.1 Å². The van der Waals surface area contributed by atoms with E-state index in [2.05, 4.69) is 42.1 Å². The number of hydrogen-bond acceptors (Lipinski definition) is 2. The molecule has 0 aromatic carbocycles. The lowest BCUT2D eigenvalue weighted by Gasteiger charge is -2.27. The molecule has 4 atom stereocenters. The largest absolute Gasteiger partial charge is 0.314 e. The van der Waals surface area contributed by atoms with E-state index in [9.17, 15) is 0 Å². The van der Waals surface area contributed by atoms with Crippen LogP contribution in [0.15, 0.2) is 6.07 Å². The molecule has 2 fully saturated rings. The maximum atomic E-state index is 4.60. The van der Waals surface area contributed by atoms with Crippen LogP contribution >= 0.6 is 0 Å². The van der Waals surface area contributed by atoms with Crippen LogP contribution in [0.3, 0.4) is 0 Å². The maximum absolute atomic E-state index is 4.60. The third-order valence-electron chi connectivity index (χ3n) is 5.81. The number of fused-ring (bicyclic) bond motifs is 2. The first kappa shape index (κ1) is 15.1. The minimum absolute atomic E-state index is 0.624. The van der Waals surface area contributed by atoms with Crippen molar-refractivity contribution in [3.63, 3.8) is 0 Å². The molecule has 21 heavy (non-hydrogen) atoms. The molecular weight excluding hydrogens is 258 g/mol. The smallest absolute Gasteiger partial charge is 0.0624 e. The average Bonchev–Trinajstić information content (AvgIpc) is 3.15. The first-order valence-electron chi connectivity index (χ1n) is 8.94. The molecule has 2 saturated carbocycles. The van der Waals surface area contributed by atoms with E-state index in [1.165, 1.54) is 43.5 Å². The molecule has 1 heterocycles. The molecule has 0 radical (unpaired) electrons. The molecule has 2 aliphatic carbocycles. The van der Waals surface area contributed by atoms with Crippen molar-refractivity contribution in [3.8, 4) is 0 Å².